The molecule has 0 aromatic carbocycles. The first-order chi connectivity index (χ1) is 8.67. The lowest BCUT2D eigenvalue weighted by Crippen LogP contribution is -2.48. The number of nitrogens with one attached hydrogen (secondary N) is 2. The molecule has 3 heteroatoms. The number of carbonyl (C=O) groups excluding carboxylic acids is 1. The van der Waals surface area contributed by atoms with E-state index in [1.54, 1.807) is 0 Å². The van der Waals surface area contributed by atoms with Gasteiger partial charge in [0.15, 0.2) is 0 Å². The third kappa shape index (κ3) is 5.38. The molecule has 1 aliphatic rings. The summed E-state index contributed by atoms with van der Waals surface area (Å²) in [7, 11) is 0. The molecule has 1 fully saturated rings. The van der Waals surface area contributed by atoms with Crippen LogP contribution in [-0.4, -0.2) is 24.5 Å². The molecule has 2 N–H and O–H groups in total. The summed E-state index contributed by atoms with van der Waals surface area (Å²) in [4.78, 5) is 12.1. The lowest BCUT2D eigenvalue weighted by molar-refractivity contribution is -0.125. The van der Waals surface area contributed by atoms with Gasteiger partial charge in [0.2, 0.25) is 5.91 Å². The van der Waals surface area contributed by atoms with Crippen molar-refractivity contribution in [3.63, 3.8) is 0 Å². The van der Waals surface area contributed by atoms with E-state index in [0.717, 1.165) is 25.8 Å². The molecule has 18 heavy (non-hydrogen) atoms. The SMILES string of the molecule is CCCCC(CC)C(=O)NCC1CCCC(C)N1. The molecule has 1 saturated heterocycles. The smallest absolute Gasteiger partial charge is 0.223 e. The van der Waals surface area contributed by atoms with Crippen molar-refractivity contribution in [3.8, 4) is 0 Å². The lowest BCUT2D eigenvalue weighted by Gasteiger charge is -2.29. The van der Waals surface area contributed by atoms with E-state index in [1.807, 2.05) is 0 Å². The second-order valence-electron chi connectivity index (χ2n) is 5.69. The van der Waals surface area contributed by atoms with Crippen LogP contribution in [0, 0.1) is 5.92 Å². The summed E-state index contributed by atoms with van der Waals surface area (Å²) in [6.07, 6.45) is 8.06. The first-order valence-corrected chi connectivity index (χ1v) is 7.71. The highest BCUT2D eigenvalue weighted by Crippen LogP contribution is 2.14. The van der Waals surface area contributed by atoms with Crippen molar-refractivity contribution in [3.05, 3.63) is 0 Å². The van der Waals surface area contributed by atoms with Crippen molar-refractivity contribution in [1.82, 2.24) is 10.6 Å². The molecular weight excluding hydrogens is 224 g/mol. The summed E-state index contributed by atoms with van der Waals surface area (Å²) in [5.41, 5.74) is 0. The van der Waals surface area contributed by atoms with E-state index in [4.69, 9.17) is 0 Å². The van der Waals surface area contributed by atoms with Gasteiger partial charge >= 0.3 is 0 Å². The normalized spacial score (nSPS) is 25.7. The molecule has 106 valence electrons. The second kappa shape index (κ2) is 8.52. The van der Waals surface area contributed by atoms with Crippen molar-refractivity contribution in [1.29, 1.82) is 0 Å². The van der Waals surface area contributed by atoms with E-state index in [9.17, 15) is 4.79 Å². The standard InChI is InChI=1S/C15H30N2O/c1-4-6-9-13(5-2)15(18)16-11-14-10-7-8-12(3)17-14/h12-14,17H,4-11H2,1-3H3,(H,16,18). The summed E-state index contributed by atoms with van der Waals surface area (Å²) in [5.74, 6) is 0.469. The van der Waals surface area contributed by atoms with E-state index >= 15 is 0 Å². The predicted octanol–water partition coefficient (Wildman–Crippen LogP) is 2.85. The van der Waals surface area contributed by atoms with Crippen molar-refractivity contribution in [2.75, 3.05) is 6.54 Å². The fourth-order valence-electron chi connectivity index (χ4n) is 2.74. The highest BCUT2D eigenvalue weighted by Gasteiger charge is 2.20. The van der Waals surface area contributed by atoms with Crippen LogP contribution in [0.15, 0.2) is 0 Å². The van der Waals surface area contributed by atoms with Crippen molar-refractivity contribution < 1.29 is 4.79 Å². The van der Waals surface area contributed by atoms with Gasteiger partial charge in [-0.15, -0.1) is 0 Å². The number of hydrogen-bond donors (Lipinski definition) is 2. The largest absolute Gasteiger partial charge is 0.354 e. The molecule has 1 heterocycles. The predicted molar refractivity (Wildman–Crippen MR) is 76.6 cm³/mol. The van der Waals surface area contributed by atoms with Crippen molar-refractivity contribution in [2.45, 2.75) is 77.8 Å². The molecule has 1 rings (SSSR count). The molecule has 3 unspecified atom stereocenters. The van der Waals surface area contributed by atoms with E-state index < -0.39 is 0 Å². The molecule has 0 radical (unpaired) electrons. The summed E-state index contributed by atoms with van der Waals surface area (Å²) in [5, 5.41) is 6.69. The highest BCUT2D eigenvalue weighted by atomic mass is 16.1. The van der Waals surface area contributed by atoms with Gasteiger partial charge in [-0.05, 0) is 32.6 Å². The number of piperidine rings is 1. The molecule has 0 bridgehead atoms. The Labute approximate surface area is 112 Å². The van der Waals surface area contributed by atoms with Gasteiger partial charge in [0.25, 0.3) is 0 Å². The van der Waals surface area contributed by atoms with Gasteiger partial charge in [-0.25, -0.2) is 0 Å². The topological polar surface area (TPSA) is 41.1 Å². The quantitative estimate of drug-likeness (QED) is 0.733. The zero-order valence-corrected chi connectivity index (χ0v) is 12.3. The third-order valence-electron chi connectivity index (χ3n) is 4.00. The first-order valence-electron chi connectivity index (χ1n) is 7.71. The Morgan fingerprint density at radius 2 is 2.17 bits per heavy atom. The van der Waals surface area contributed by atoms with E-state index in [1.165, 1.54) is 25.7 Å². The van der Waals surface area contributed by atoms with Gasteiger partial charge < -0.3 is 10.6 Å². The molecule has 3 atom stereocenters. The van der Waals surface area contributed by atoms with Crippen LogP contribution in [0.2, 0.25) is 0 Å². The van der Waals surface area contributed by atoms with Crippen molar-refractivity contribution >= 4 is 5.91 Å². The zero-order valence-electron chi connectivity index (χ0n) is 12.3. The monoisotopic (exact) mass is 254 g/mol. The molecule has 1 aliphatic heterocycles. The maximum absolute atomic E-state index is 12.1. The Kier molecular flexibility index (Phi) is 7.33. The molecule has 0 saturated carbocycles. The average Bonchev–Trinajstić information content (AvgIpc) is 2.37. The number of carbonyl (C=O) groups is 1. The van der Waals surface area contributed by atoms with Gasteiger partial charge in [0, 0.05) is 24.5 Å². The Balaban J connectivity index is 2.25. The van der Waals surface area contributed by atoms with Crippen molar-refractivity contribution in [2.24, 2.45) is 5.92 Å². The minimum absolute atomic E-state index is 0.214. The van der Waals surface area contributed by atoms with E-state index in [0.29, 0.717) is 12.1 Å². The Morgan fingerprint density at radius 3 is 2.78 bits per heavy atom. The van der Waals surface area contributed by atoms with E-state index in [2.05, 4.69) is 31.4 Å². The van der Waals surface area contributed by atoms with Gasteiger partial charge in [-0.1, -0.05) is 33.1 Å². The van der Waals surface area contributed by atoms with Crippen LogP contribution >= 0.6 is 0 Å². The van der Waals surface area contributed by atoms with Crippen LogP contribution < -0.4 is 10.6 Å². The molecule has 0 aromatic heterocycles. The Bertz CT molecular complexity index is 243. The summed E-state index contributed by atoms with van der Waals surface area (Å²) >= 11 is 0. The highest BCUT2D eigenvalue weighted by molar-refractivity contribution is 5.78. The van der Waals surface area contributed by atoms with Crippen LogP contribution in [0.3, 0.4) is 0 Å². The fraction of sp³-hybridized carbons (Fsp3) is 0.933. The number of unbranched alkanes of at least 4 members (excludes halogenated alkanes) is 1. The number of hydrogen-bond acceptors (Lipinski definition) is 2. The number of amides is 1. The molecule has 0 aliphatic carbocycles. The molecule has 0 spiro atoms. The maximum atomic E-state index is 12.1. The van der Waals surface area contributed by atoms with Crippen LogP contribution in [-0.2, 0) is 4.79 Å². The zero-order chi connectivity index (χ0) is 13.4. The molecule has 0 aromatic rings. The Hall–Kier alpha value is -0.570. The Morgan fingerprint density at radius 1 is 1.39 bits per heavy atom. The lowest BCUT2D eigenvalue weighted by atomic mass is 9.97. The van der Waals surface area contributed by atoms with Crippen LogP contribution in [0.25, 0.3) is 0 Å². The fourth-order valence-corrected chi connectivity index (χ4v) is 2.74. The molecule has 3 nitrogen and oxygen atoms in total. The van der Waals surface area contributed by atoms with Gasteiger partial charge in [-0.3, -0.25) is 4.79 Å². The first kappa shape index (κ1) is 15.5. The van der Waals surface area contributed by atoms with Crippen LogP contribution in [0.1, 0.15) is 65.7 Å². The molecular formula is C15H30N2O. The minimum atomic E-state index is 0.214. The summed E-state index contributed by atoms with van der Waals surface area (Å²) in [6, 6.07) is 1.07. The van der Waals surface area contributed by atoms with E-state index in [-0.39, 0.29) is 11.8 Å². The average molecular weight is 254 g/mol. The third-order valence-corrected chi connectivity index (χ3v) is 4.00. The number of rotatable bonds is 7. The summed E-state index contributed by atoms with van der Waals surface area (Å²) in [6.45, 7) is 7.31. The minimum Gasteiger partial charge on any atom is -0.354 e. The maximum Gasteiger partial charge on any atom is 0.223 e. The van der Waals surface area contributed by atoms with Gasteiger partial charge in [0.05, 0.1) is 0 Å². The molecule has 1 amide bonds. The van der Waals surface area contributed by atoms with Gasteiger partial charge in [-0.2, -0.15) is 0 Å². The summed E-state index contributed by atoms with van der Waals surface area (Å²) < 4.78 is 0. The van der Waals surface area contributed by atoms with Crippen LogP contribution in [0.4, 0.5) is 0 Å². The van der Waals surface area contributed by atoms with Crippen LogP contribution in [0.5, 0.6) is 0 Å². The second-order valence-corrected chi connectivity index (χ2v) is 5.69. The van der Waals surface area contributed by atoms with Gasteiger partial charge in [0.1, 0.15) is 0 Å².